The van der Waals surface area contributed by atoms with Gasteiger partial charge in [-0.25, -0.2) is 4.39 Å². The number of halogens is 2. The van der Waals surface area contributed by atoms with Crippen molar-refractivity contribution in [2.45, 2.75) is 19.4 Å². The van der Waals surface area contributed by atoms with Crippen LogP contribution in [0.15, 0.2) is 46.9 Å². The first-order valence-electron chi connectivity index (χ1n) is 7.00. The highest BCUT2D eigenvalue weighted by atomic mass is 79.9. The first-order chi connectivity index (χ1) is 10.2. The minimum absolute atomic E-state index is 0.215. The van der Waals surface area contributed by atoms with Gasteiger partial charge in [-0.2, -0.15) is 0 Å². The molecule has 1 atom stereocenters. The van der Waals surface area contributed by atoms with Crippen LogP contribution in [0.4, 0.5) is 4.39 Å². The Balaban J connectivity index is 2.34. The van der Waals surface area contributed by atoms with E-state index in [1.54, 1.807) is 12.1 Å². The van der Waals surface area contributed by atoms with Gasteiger partial charge in [0.2, 0.25) is 0 Å². The molecular formula is C17H19BrFNO. The third-order valence-electron chi connectivity index (χ3n) is 3.22. The van der Waals surface area contributed by atoms with Crippen molar-refractivity contribution in [2.24, 2.45) is 0 Å². The minimum atomic E-state index is -0.225. The Morgan fingerprint density at radius 1 is 1.24 bits per heavy atom. The maximum Gasteiger partial charge on any atom is 0.128 e. The van der Waals surface area contributed by atoms with Crippen LogP contribution in [-0.2, 0) is 0 Å². The normalized spacial score (nSPS) is 12.2. The molecule has 4 heteroatoms. The van der Waals surface area contributed by atoms with Crippen LogP contribution in [0, 0.1) is 5.82 Å². The first-order valence-corrected chi connectivity index (χ1v) is 7.80. The van der Waals surface area contributed by atoms with Gasteiger partial charge in [0.15, 0.2) is 0 Å². The van der Waals surface area contributed by atoms with Gasteiger partial charge in [-0.15, -0.1) is 0 Å². The van der Waals surface area contributed by atoms with Gasteiger partial charge in [0, 0.05) is 10.0 Å². The fourth-order valence-corrected chi connectivity index (χ4v) is 2.62. The van der Waals surface area contributed by atoms with E-state index in [1.165, 1.54) is 6.07 Å². The van der Waals surface area contributed by atoms with Crippen molar-refractivity contribution in [3.05, 3.63) is 63.9 Å². The van der Waals surface area contributed by atoms with Gasteiger partial charge >= 0.3 is 0 Å². The molecule has 0 spiro atoms. The molecule has 0 saturated carbocycles. The molecule has 0 saturated heterocycles. The highest BCUT2D eigenvalue weighted by Gasteiger charge is 2.17. The van der Waals surface area contributed by atoms with E-state index in [1.807, 2.05) is 31.3 Å². The number of hydrogen-bond donors (Lipinski definition) is 1. The number of hydrogen-bond acceptors (Lipinski definition) is 2. The maximum absolute atomic E-state index is 14.1. The van der Waals surface area contributed by atoms with E-state index in [0.29, 0.717) is 12.2 Å². The predicted molar refractivity (Wildman–Crippen MR) is 87.2 cm³/mol. The van der Waals surface area contributed by atoms with E-state index in [-0.39, 0.29) is 11.9 Å². The maximum atomic E-state index is 14.1. The molecule has 0 radical (unpaired) electrons. The van der Waals surface area contributed by atoms with Crippen molar-refractivity contribution >= 4 is 15.9 Å². The van der Waals surface area contributed by atoms with Crippen molar-refractivity contribution in [3.8, 4) is 5.75 Å². The van der Waals surface area contributed by atoms with Crippen molar-refractivity contribution in [3.63, 3.8) is 0 Å². The van der Waals surface area contributed by atoms with Crippen LogP contribution < -0.4 is 10.1 Å². The zero-order valence-electron chi connectivity index (χ0n) is 12.2. The topological polar surface area (TPSA) is 21.3 Å². The van der Waals surface area contributed by atoms with Crippen molar-refractivity contribution in [1.29, 1.82) is 0 Å². The molecular weight excluding hydrogens is 333 g/mol. The van der Waals surface area contributed by atoms with Gasteiger partial charge in [-0.05, 0) is 49.4 Å². The molecule has 0 fully saturated rings. The zero-order valence-corrected chi connectivity index (χ0v) is 13.8. The van der Waals surface area contributed by atoms with Crippen LogP contribution in [-0.4, -0.2) is 13.7 Å². The minimum Gasteiger partial charge on any atom is -0.494 e. The summed E-state index contributed by atoms with van der Waals surface area (Å²) in [5, 5.41) is 3.17. The molecule has 2 aromatic carbocycles. The summed E-state index contributed by atoms with van der Waals surface area (Å²) in [6.07, 6.45) is 0.958. The number of ether oxygens (including phenoxy) is 1. The van der Waals surface area contributed by atoms with Crippen LogP contribution in [0.1, 0.15) is 30.5 Å². The van der Waals surface area contributed by atoms with Crippen LogP contribution in [0.25, 0.3) is 0 Å². The van der Waals surface area contributed by atoms with Crippen LogP contribution in [0.5, 0.6) is 5.75 Å². The molecule has 21 heavy (non-hydrogen) atoms. The molecule has 112 valence electrons. The number of benzene rings is 2. The lowest BCUT2D eigenvalue weighted by Crippen LogP contribution is -2.19. The Morgan fingerprint density at radius 3 is 2.76 bits per heavy atom. The fourth-order valence-electron chi connectivity index (χ4n) is 2.24. The molecule has 0 aliphatic heterocycles. The quantitative estimate of drug-likeness (QED) is 0.815. The Bertz CT molecular complexity index is 603. The van der Waals surface area contributed by atoms with E-state index >= 15 is 0 Å². The van der Waals surface area contributed by atoms with E-state index in [4.69, 9.17) is 4.74 Å². The largest absolute Gasteiger partial charge is 0.494 e. The van der Waals surface area contributed by atoms with Crippen LogP contribution in [0.2, 0.25) is 0 Å². The van der Waals surface area contributed by atoms with Gasteiger partial charge in [0.05, 0.1) is 12.6 Å². The van der Waals surface area contributed by atoms with Crippen molar-refractivity contribution < 1.29 is 9.13 Å². The summed E-state index contributed by atoms with van der Waals surface area (Å²) >= 11 is 3.40. The van der Waals surface area contributed by atoms with Gasteiger partial charge in [-0.3, -0.25) is 0 Å². The average molecular weight is 352 g/mol. The number of rotatable bonds is 6. The second kappa shape index (κ2) is 7.57. The summed E-state index contributed by atoms with van der Waals surface area (Å²) in [6.45, 7) is 2.75. The Kier molecular flexibility index (Phi) is 5.76. The molecule has 0 heterocycles. The monoisotopic (exact) mass is 351 g/mol. The third kappa shape index (κ3) is 4.05. The summed E-state index contributed by atoms with van der Waals surface area (Å²) in [5.41, 5.74) is 1.59. The molecule has 2 nitrogen and oxygen atoms in total. The van der Waals surface area contributed by atoms with E-state index in [0.717, 1.165) is 22.2 Å². The van der Waals surface area contributed by atoms with Gasteiger partial charge < -0.3 is 10.1 Å². The van der Waals surface area contributed by atoms with Gasteiger partial charge in [-0.1, -0.05) is 35.0 Å². The van der Waals surface area contributed by atoms with E-state index in [2.05, 4.69) is 28.2 Å². The first kappa shape index (κ1) is 16.0. The summed E-state index contributed by atoms with van der Waals surface area (Å²) < 4.78 is 20.6. The molecule has 1 N–H and O–H groups in total. The summed E-state index contributed by atoms with van der Waals surface area (Å²) in [7, 11) is 1.82. The molecule has 0 bridgehead atoms. The lowest BCUT2D eigenvalue weighted by atomic mass is 9.98. The molecule has 1 unspecified atom stereocenters. The molecule has 2 rings (SSSR count). The molecule has 0 aliphatic rings. The predicted octanol–water partition coefficient (Wildman–Crippen LogP) is 4.69. The SMILES string of the molecule is CCCOc1cccc(C(NC)c2cc(Br)ccc2F)c1. The Labute approximate surface area is 133 Å². The van der Waals surface area contributed by atoms with Gasteiger partial charge in [0.1, 0.15) is 11.6 Å². The lowest BCUT2D eigenvalue weighted by molar-refractivity contribution is 0.317. The molecule has 0 aliphatic carbocycles. The van der Waals surface area contributed by atoms with E-state index in [9.17, 15) is 4.39 Å². The summed E-state index contributed by atoms with van der Waals surface area (Å²) in [5.74, 6) is 0.586. The standard InChI is InChI=1S/C17H19BrFNO/c1-3-9-21-14-6-4-5-12(10-14)17(20-2)15-11-13(18)7-8-16(15)19/h4-8,10-11,17,20H,3,9H2,1-2H3. The summed E-state index contributed by atoms with van der Waals surface area (Å²) in [4.78, 5) is 0. The third-order valence-corrected chi connectivity index (χ3v) is 3.72. The lowest BCUT2D eigenvalue weighted by Gasteiger charge is -2.19. The highest BCUT2D eigenvalue weighted by molar-refractivity contribution is 9.10. The Hall–Kier alpha value is -1.39. The highest BCUT2D eigenvalue weighted by Crippen LogP contribution is 2.28. The molecule has 0 aromatic heterocycles. The smallest absolute Gasteiger partial charge is 0.128 e. The van der Waals surface area contributed by atoms with Crippen LogP contribution in [0.3, 0.4) is 0 Å². The summed E-state index contributed by atoms with van der Waals surface area (Å²) in [6, 6.07) is 12.5. The molecule has 0 amide bonds. The average Bonchev–Trinajstić information content (AvgIpc) is 2.50. The van der Waals surface area contributed by atoms with Crippen molar-refractivity contribution in [2.75, 3.05) is 13.7 Å². The number of nitrogens with one attached hydrogen (secondary N) is 1. The zero-order chi connectivity index (χ0) is 15.2. The van der Waals surface area contributed by atoms with Crippen molar-refractivity contribution in [1.82, 2.24) is 5.32 Å². The van der Waals surface area contributed by atoms with E-state index < -0.39 is 0 Å². The second-order valence-corrected chi connectivity index (χ2v) is 5.72. The molecule has 2 aromatic rings. The Morgan fingerprint density at radius 2 is 2.05 bits per heavy atom. The van der Waals surface area contributed by atoms with Crippen LogP contribution >= 0.6 is 15.9 Å². The fraction of sp³-hybridized carbons (Fsp3) is 0.294. The second-order valence-electron chi connectivity index (χ2n) is 4.81. The van der Waals surface area contributed by atoms with Gasteiger partial charge in [0.25, 0.3) is 0 Å².